The van der Waals surface area contributed by atoms with Gasteiger partial charge in [-0.2, -0.15) is 0 Å². The summed E-state index contributed by atoms with van der Waals surface area (Å²) in [4.78, 5) is 4.86. The van der Waals surface area contributed by atoms with Crippen LogP contribution in [0.5, 0.6) is 0 Å². The highest BCUT2D eigenvalue weighted by molar-refractivity contribution is 5.97. The van der Waals surface area contributed by atoms with Crippen LogP contribution in [0.25, 0.3) is 0 Å². The Kier molecular flexibility index (Phi) is 11.5. The molecule has 0 aromatic heterocycles. The Morgan fingerprint density at radius 3 is 1.95 bits per heavy atom. The summed E-state index contributed by atoms with van der Waals surface area (Å²) >= 11 is 0. The van der Waals surface area contributed by atoms with Crippen molar-refractivity contribution in [3.05, 3.63) is 29.8 Å². The first-order valence-corrected chi connectivity index (χ1v) is 6.69. The second kappa shape index (κ2) is 10.8. The van der Waals surface area contributed by atoms with Gasteiger partial charge >= 0.3 is 0 Å². The largest absolute Gasteiger partial charge is 0.409 e. The number of hydrogen-bond donors (Lipinski definition) is 2. The molecule has 0 aliphatic carbocycles. The predicted octanol–water partition coefficient (Wildman–Crippen LogP) is 2.58. The number of rotatable bonds is 3. The number of hydrogen-bond acceptors (Lipinski definition) is 4. The highest BCUT2D eigenvalue weighted by atomic mass is 35.5. The highest BCUT2D eigenvalue weighted by Gasteiger charge is 2.18. The molecule has 0 radical (unpaired) electrons. The van der Waals surface area contributed by atoms with Gasteiger partial charge in [0, 0.05) is 43.5 Å². The summed E-state index contributed by atoms with van der Waals surface area (Å²) in [7, 11) is 0. The van der Waals surface area contributed by atoms with Crippen molar-refractivity contribution in [3.63, 3.8) is 0 Å². The van der Waals surface area contributed by atoms with Crippen molar-refractivity contribution in [2.75, 3.05) is 31.1 Å². The van der Waals surface area contributed by atoms with Crippen molar-refractivity contribution in [3.8, 4) is 0 Å². The molecule has 0 atom stereocenters. The van der Waals surface area contributed by atoms with Crippen molar-refractivity contribution >= 4 is 48.7 Å². The van der Waals surface area contributed by atoms with Crippen LogP contribution in [0.2, 0.25) is 0 Å². The van der Waals surface area contributed by atoms with Gasteiger partial charge in [0.25, 0.3) is 0 Å². The van der Waals surface area contributed by atoms with E-state index in [0.717, 1.165) is 31.7 Å². The van der Waals surface area contributed by atoms with Gasteiger partial charge in [-0.1, -0.05) is 5.16 Å². The first-order valence-electron chi connectivity index (χ1n) is 6.69. The minimum atomic E-state index is 0. The van der Waals surface area contributed by atoms with Gasteiger partial charge in [-0.25, -0.2) is 0 Å². The molecule has 1 fully saturated rings. The second-order valence-corrected chi connectivity index (χ2v) is 5.15. The normalized spacial score (nSPS) is 15.6. The van der Waals surface area contributed by atoms with E-state index in [0.29, 0.717) is 6.04 Å². The lowest BCUT2D eigenvalue weighted by atomic mass is 10.1. The molecule has 0 saturated carbocycles. The molecular formula is C14H25Cl3N4O. The zero-order chi connectivity index (χ0) is 13.8. The predicted molar refractivity (Wildman–Crippen MR) is 99.6 cm³/mol. The monoisotopic (exact) mass is 370 g/mol. The van der Waals surface area contributed by atoms with Crippen LogP contribution in [0, 0.1) is 0 Å². The van der Waals surface area contributed by atoms with Gasteiger partial charge < -0.3 is 15.8 Å². The maximum atomic E-state index is 8.63. The van der Waals surface area contributed by atoms with Crippen LogP contribution < -0.4 is 10.6 Å². The highest BCUT2D eigenvalue weighted by Crippen LogP contribution is 2.18. The van der Waals surface area contributed by atoms with Crippen LogP contribution in [-0.2, 0) is 0 Å². The van der Waals surface area contributed by atoms with Crippen LogP contribution in [0.3, 0.4) is 0 Å². The molecule has 22 heavy (non-hydrogen) atoms. The molecule has 1 aromatic rings. The third kappa shape index (κ3) is 5.72. The fourth-order valence-corrected chi connectivity index (χ4v) is 2.40. The maximum Gasteiger partial charge on any atom is 0.170 e. The van der Waals surface area contributed by atoms with Crippen LogP contribution in [0.4, 0.5) is 5.69 Å². The molecule has 8 heteroatoms. The van der Waals surface area contributed by atoms with E-state index < -0.39 is 0 Å². The average molecular weight is 372 g/mol. The first kappa shape index (κ1) is 23.4. The van der Waals surface area contributed by atoms with E-state index in [-0.39, 0.29) is 43.1 Å². The number of anilines is 1. The summed E-state index contributed by atoms with van der Waals surface area (Å²) in [6, 6.07) is 8.44. The van der Waals surface area contributed by atoms with Crippen molar-refractivity contribution < 1.29 is 5.21 Å². The van der Waals surface area contributed by atoms with E-state index in [2.05, 4.69) is 28.8 Å². The summed E-state index contributed by atoms with van der Waals surface area (Å²) in [5.74, 6) is 0.149. The van der Waals surface area contributed by atoms with Gasteiger partial charge in [0.15, 0.2) is 5.84 Å². The van der Waals surface area contributed by atoms with Gasteiger partial charge in [0.2, 0.25) is 0 Å². The molecule has 1 aliphatic heterocycles. The molecule has 0 bridgehead atoms. The van der Waals surface area contributed by atoms with Crippen molar-refractivity contribution in [2.45, 2.75) is 19.9 Å². The Hall–Kier alpha value is -0.880. The number of nitrogens with two attached hydrogens (primary N) is 1. The number of nitrogens with zero attached hydrogens (tertiary/aromatic N) is 3. The summed E-state index contributed by atoms with van der Waals surface area (Å²) in [5.41, 5.74) is 7.49. The SMILES string of the molecule is CC(C)N1CCN(c2ccc(C(N)=NO)cc2)CC1.Cl.Cl.Cl. The topological polar surface area (TPSA) is 65.1 Å². The quantitative estimate of drug-likeness (QED) is 0.371. The minimum absolute atomic E-state index is 0. The number of amidine groups is 1. The molecule has 2 rings (SSSR count). The Balaban J connectivity index is 0. The molecular weight excluding hydrogens is 347 g/mol. The lowest BCUT2D eigenvalue weighted by Crippen LogP contribution is -2.48. The Morgan fingerprint density at radius 1 is 1.05 bits per heavy atom. The lowest BCUT2D eigenvalue weighted by molar-refractivity contribution is 0.209. The van der Waals surface area contributed by atoms with Crippen molar-refractivity contribution in [2.24, 2.45) is 10.9 Å². The minimum Gasteiger partial charge on any atom is -0.409 e. The summed E-state index contributed by atoms with van der Waals surface area (Å²) in [6.45, 7) is 8.75. The number of halogens is 3. The fourth-order valence-electron chi connectivity index (χ4n) is 2.40. The summed E-state index contributed by atoms with van der Waals surface area (Å²) < 4.78 is 0. The summed E-state index contributed by atoms with van der Waals surface area (Å²) in [5, 5.41) is 11.6. The van der Waals surface area contributed by atoms with Gasteiger partial charge in [-0.3, -0.25) is 4.90 Å². The van der Waals surface area contributed by atoms with Gasteiger partial charge in [0.05, 0.1) is 0 Å². The first-order chi connectivity index (χ1) is 9.11. The molecule has 0 amide bonds. The van der Waals surface area contributed by atoms with Gasteiger partial charge in [-0.15, -0.1) is 37.2 Å². The molecule has 128 valence electrons. The zero-order valence-corrected chi connectivity index (χ0v) is 15.3. The van der Waals surface area contributed by atoms with E-state index in [1.165, 1.54) is 5.69 Å². The van der Waals surface area contributed by atoms with E-state index in [4.69, 9.17) is 10.9 Å². The van der Waals surface area contributed by atoms with E-state index in [9.17, 15) is 0 Å². The lowest BCUT2D eigenvalue weighted by Gasteiger charge is -2.38. The van der Waals surface area contributed by atoms with Gasteiger partial charge in [0.1, 0.15) is 0 Å². The average Bonchev–Trinajstić information content (AvgIpc) is 2.46. The summed E-state index contributed by atoms with van der Waals surface area (Å²) in [6.07, 6.45) is 0. The van der Waals surface area contributed by atoms with Crippen LogP contribution in [0.1, 0.15) is 19.4 Å². The van der Waals surface area contributed by atoms with Crippen molar-refractivity contribution in [1.29, 1.82) is 0 Å². The number of piperazine rings is 1. The molecule has 0 spiro atoms. The smallest absolute Gasteiger partial charge is 0.170 e. The number of benzene rings is 1. The fraction of sp³-hybridized carbons (Fsp3) is 0.500. The Labute approximate surface area is 150 Å². The molecule has 1 aliphatic rings. The van der Waals surface area contributed by atoms with E-state index in [1.807, 2.05) is 24.3 Å². The standard InChI is InChI=1S/C14H22N4O.3ClH/c1-11(2)17-7-9-18(10-8-17)13-5-3-12(4-6-13)14(15)16-19;;;/h3-6,11,19H,7-10H2,1-2H3,(H2,15,16);3*1H. The zero-order valence-electron chi connectivity index (χ0n) is 12.8. The second-order valence-electron chi connectivity index (χ2n) is 5.15. The third-order valence-electron chi connectivity index (χ3n) is 3.68. The maximum absolute atomic E-state index is 8.63. The molecule has 1 heterocycles. The van der Waals surface area contributed by atoms with E-state index in [1.54, 1.807) is 0 Å². The van der Waals surface area contributed by atoms with Crippen molar-refractivity contribution in [1.82, 2.24) is 4.90 Å². The van der Waals surface area contributed by atoms with Gasteiger partial charge in [-0.05, 0) is 38.1 Å². The molecule has 3 N–H and O–H groups in total. The molecule has 1 saturated heterocycles. The van der Waals surface area contributed by atoms with Crippen LogP contribution in [-0.4, -0.2) is 48.2 Å². The third-order valence-corrected chi connectivity index (χ3v) is 3.68. The molecule has 5 nitrogen and oxygen atoms in total. The molecule has 0 unspecified atom stereocenters. The van der Waals surface area contributed by atoms with Crippen LogP contribution >= 0.6 is 37.2 Å². The van der Waals surface area contributed by atoms with Crippen LogP contribution in [0.15, 0.2) is 29.4 Å². The molecule has 1 aromatic carbocycles. The Bertz CT molecular complexity index is 446. The number of oxime groups is 1. The van der Waals surface area contributed by atoms with E-state index >= 15 is 0 Å². The Morgan fingerprint density at radius 2 is 1.55 bits per heavy atom.